The quantitative estimate of drug-likeness (QED) is 0.831. The minimum absolute atomic E-state index is 0. The van der Waals surface area contributed by atoms with E-state index >= 15 is 0 Å². The first-order valence-corrected chi connectivity index (χ1v) is 8.67. The van der Waals surface area contributed by atoms with Crippen molar-refractivity contribution in [2.45, 2.75) is 52.5 Å². The van der Waals surface area contributed by atoms with Gasteiger partial charge in [-0.15, -0.1) is 22.6 Å². The van der Waals surface area contributed by atoms with Crippen LogP contribution in [0.2, 0.25) is 0 Å². The van der Waals surface area contributed by atoms with E-state index in [-0.39, 0.29) is 18.3 Å². The second kappa shape index (κ2) is 9.43. The van der Waals surface area contributed by atoms with Crippen LogP contribution in [0.1, 0.15) is 56.0 Å². The number of carbonyl (C=O) groups is 1. The molecule has 7 heteroatoms. The normalized spacial score (nSPS) is 19.5. The van der Waals surface area contributed by atoms with Crippen LogP contribution in [-0.4, -0.2) is 29.2 Å². The van der Waals surface area contributed by atoms with Crippen molar-refractivity contribution in [1.29, 1.82) is 0 Å². The summed E-state index contributed by atoms with van der Waals surface area (Å²) in [6, 6.07) is 0. The molecule has 0 bridgehead atoms. The fourth-order valence-electron chi connectivity index (χ4n) is 2.64. The Morgan fingerprint density at radius 2 is 2.18 bits per heavy atom. The number of hydrogen-bond donors (Lipinski definition) is 2. The topological polar surface area (TPSA) is 66.9 Å². The summed E-state index contributed by atoms with van der Waals surface area (Å²) in [5, 5.41) is 16.6. The first-order chi connectivity index (χ1) is 10.1. The summed E-state index contributed by atoms with van der Waals surface area (Å²) in [6.07, 6.45) is 3.05. The lowest BCUT2D eigenvalue weighted by molar-refractivity contribution is -0.122. The summed E-state index contributed by atoms with van der Waals surface area (Å²) in [5.74, 6) is 1.57. The average Bonchev–Trinajstić information content (AvgIpc) is 2.95. The largest absolute Gasteiger partial charge is 0.350 e. The zero-order chi connectivity index (χ0) is 15.2. The zero-order valence-corrected chi connectivity index (χ0v) is 15.2. The number of amides is 1. The third-order valence-corrected chi connectivity index (χ3v) is 5.28. The molecule has 1 saturated heterocycles. The summed E-state index contributed by atoms with van der Waals surface area (Å²) in [5.41, 5.74) is 0. The Bertz CT molecular complexity index is 460. The van der Waals surface area contributed by atoms with Crippen LogP contribution in [0.3, 0.4) is 0 Å². The lowest BCUT2D eigenvalue weighted by Crippen LogP contribution is -2.35. The Labute approximate surface area is 143 Å². The van der Waals surface area contributed by atoms with E-state index in [4.69, 9.17) is 0 Å². The van der Waals surface area contributed by atoms with Gasteiger partial charge in [0, 0.05) is 12.3 Å². The van der Waals surface area contributed by atoms with Crippen LogP contribution in [-0.2, 0) is 11.3 Å². The number of piperidine rings is 1. The highest BCUT2D eigenvalue weighted by atomic mass is 35.5. The van der Waals surface area contributed by atoms with Gasteiger partial charge in [-0.2, -0.15) is 0 Å². The lowest BCUT2D eigenvalue weighted by atomic mass is 9.85. The monoisotopic (exact) mass is 346 g/mol. The molecule has 2 rings (SSSR count). The van der Waals surface area contributed by atoms with Gasteiger partial charge in [0.2, 0.25) is 5.91 Å². The van der Waals surface area contributed by atoms with Crippen molar-refractivity contribution in [2.75, 3.05) is 13.1 Å². The molecule has 126 valence electrons. The molecule has 1 aliphatic rings. The molecule has 1 aromatic rings. The van der Waals surface area contributed by atoms with E-state index in [0.717, 1.165) is 23.1 Å². The maximum atomic E-state index is 12.0. The van der Waals surface area contributed by atoms with E-state index in [9.17, 15) is 4.79 Å². The standard InChI is InChI=1S/C15H26N4OS.ClH/c1-10(2)15-19-18-14(21-15)9-17-13(20)7-11(3)12-5-4-6-16-8-12;/h10-12,16H,4-9H2,1-3H3,(H,17,20);1H. The summed E-state index contributed by atoms with van der Waals surface area (Å²) in [4.78, 5) is 12.0. The number of aromatic nitrogens is 2. The number of nitrogens with zero attached hydrogens (tertiary/aromatic N) is 2. The van der Waals surface area contributed by atoms with E-state index in [0.29, 0.717) is 30.7 Å². The van der Waals surface area contributed by atoms with Crippen LogP contribution in [0.15, 0.2) is 0 Å². The molecule has 1 amide bonds. The van der Waals surface area contributed by atoms with Crippen LogP contribution in [0.25, 0.3) is 0 Å². The van der Waals surface area contributed by atoms with Gasteiger partial charge in [-0.3, -0.25) is 4.79 Å². The van der Waals surface area contributed by atoms with Crippen LogP contribution in [0, 0.1) is 11.8 Å². The van der Waals surface area contributed by atoms with E-state index in [1.807, 2.05) is 0 Å². The molecular formula is C15H27ClN4OS. The molecule has 1 aromatic heterocycles. The molecule has 0 spiro atoms. The molecule has 2 N–H and O–H groups in total. The van der Waals surface area contributed by atoms with Crippen molar-refractivity contribution < 1.29 is 4.79 Å². The van der Waals surface area contributed by atoms with Crippen molar-refractivity contribution >= 4 is 29.7 Å². The molecule has 5 nitrogen and oxygen atoms in total. The number of hydrogen-bond acceptors (Lipinski definition) is 5. The third-order valence-electron chi connectivity index (χ3n) is 4.06. The van der Waals surface area contributed by atoms with Gasteiger partial charge in [0.05, 0.1) is 6.54 Å². The molecule has 0 radical (unpaired) electrons. The molecule has 2 unspecified atom stereocenters. The van der Waals surface area contributed by atoms with Crippen LogP contribution < -0.4 is 10.6 Å². The van der Waals surface area contributed by atoms with Gasteiger partial charge >= 0.3 is 0 Å². The first kappa shape index (κ1) is 19.3. The van der Waals surface area contributed by atoms with Crippen LogP contribution in [0.4, 0.5) is 0 Å². The Morgan fingerprint density at radius 3 is 2.77 bits per heavy atom. The van der Waals surface area contributed by atoms with E-state index in [2.05, 4.69) is 41.6 Å². The van der Waals surface area contributed by atoms with E-state index < -0.39 is 0 Å². The molecule has 0 aliphatic carbocycles. The summed E-state index contributed by atoms with van der Waals surface area (Å²) in [6.45, 7) is 9.04. The van der Waals surface area contributed by atoms with Crippen molar-refractivity contribution in [2.24, 2.45) is 11.8 Å². The smallest absolute Gasteiger partial charge is 0.220 e. The minimum Gasteiger partial charge on any atom is -0.350 e. The maximum absolute atomic E-state index is 12.0. The van der Waals surface area contributed by atoms with Crippen molar-refractivity contribution in [3.8, 4) is 0 Å². The molecular weight excluding hydrogens is 320 g/mol. The molecule has 0 aromatic carbocycles. The maximum Gasteiger partial charge on any atom is 0.220 e. The third kappa shape index (κ3) is 5.82. The van der Waals surface area contributed by atoms with Gasteiger partial charge in [-0.05, 0) is 37.8 Å². The second-order valence-corrected chi connectivity index (χ2v) is 7.35. The number of carbonyl (C=O) groups excluding carboxylic acids is 1. The van der Waals surface area contributed by atoms with Gasteiger partial charge in [0.1, 0.15) is 10.0 Å². The Kier molecular flexibility index (Phi) is 8.28. The van der Waals surface area contributed by atoms with Crippen molar-refractivity contribution in [1.82, 2.24) is 20.8 Å². The Hall–Kier alpha value is -0.720. The highest BCUT2D eigenvalue weighted by Gasteiger charge is 2.22. The minimum atomic E-state index is 0. The zero-order valence-electron chi connectivity index (χ0n) is 13.6. The van der Waals surface area contributed by atoms with Gasteiger partial charge in [0.25, 0.3) is 0 Å². The van der Waals surface area contributed by atoms with Gasteiger partial charge in [-0.1, -0.05) is 32.1 Å². The molecule has 22 heavy (non-hydrogen) atoms. The number of rotatable bonds is 6. The highest BCUT2D eigenvalue weighted by molar-refractivity contribution is 7.11. The first-order valence-electron chi connectivity index (χ1n) is 7.86. The Balaban J connectivity index is 0.00000242. The Morgan fingerprint density at radius 1 is 1.41 bits per heavy atom. The second-order valence-electron chi connectivity index (χ2n) is 6.25. The number of nitrogens with one attached hydrogen (secondary N) is 2. The van der Waals surface area contributed by atoms with E-state index in [1.165, 1.54) is 12.8 Å². The molecule has 2 atom stereocenters. The van der Waals surface area contributed by atoms with Crippen molar-refractivity contribution in [3.63, 3.8) is 0 Å². The predicted molar refractivity (Wildman–Crippen MR) is 92.5 cm³/mol. The van der Waals surface area contributed by atoms with Gasteiger partial charge in [-0.25, -0.2) is 0 Å². The van der Waals surface area contributed by atoms with Crippen molar-refractivity contribution in [3.05, 3.63) is 10.0 Å². The number of halogens is 1. The van der Waals surface area contributed by atoms with E-state index in [1.54, 1.807) is 11.3 Å². The SMILES string of the molecule is CC(C)c1nnc(CNC(=O)CC(C)C2CCCNC2)s1.Cl. The summed E-state index contributed by atoms with van der Waals surface area (Å²) in [7, 11) is 0. The highest BCUT2D eigenvalue weighted by Crippen LogP contribution is 2.22. The molecule has 1 aliphatic heterocycles. The van der Waals surface area contributed by atoms with Crippen LogP contribution in [0.5, 0.6) is 0 Å². The lowest BCUT2D eigenvalue weighted by Gasteiger charge is -2.27. The predicted octanol–water partition coefficient (Wildman–Crippen LogP) is 2.73. The summed E-state index contributed by atoms with van der Waals surface area (Å²) < 4.78 is 0. The van der Waals surface area contributed by atoms with Gasteiger partial charge in [0.15, 0.2) is 0 Å². The fourth-order valence-corrected chi connectivity index (χ4v) is 3.43. The van der Waals surface area contributed by atoms with Gasteiger partial charge < -0.3 is 10.6 Å². The fraction of sp³-hybridized carbons (Fsp3) is 0.800. The average molecular weight is 347 g/mol. The molecule has 0 saturated carbocycles. The molecule has 2 heterocycles. The van der Waals surface area contributed by atoms with Crippen LogP contribution >= 0.6 is 23.7 Å². The molecule has 1 fully saturated rings. The summed E-state index contributed by atoms with van der Waals surface area (Å²) >= 11 is 1.58.